The van der Waals surface area contributed by atoms with Crippen molar-refractivity contribution in [3.63, 3.8) is 0 Å². The predicted molar refractivity (Wildman–Crippen MR) is 83.6 cm³/mol. The van der Waals surface area contributed by atoms with Gasteiger partial charge in [0.25, 0.3) is 0 Å². The van der Waals surface area contributed by atoms with E-state index in [4.69, 9.17) is 0 Å². The smallest absolute Gasteiger partial charge is 0.155 e. The van der Waals surface area contributed by atoms with Gasteiger partial charge in [-0.05, 0) is 47.0 Å². The van der Waals surface area contributed by atoms with E-state index in [1.807, 2.05) is 12.4 Å². The molecule has 1 saturated carbocycles. The topological polar surface area (TPSA) is 42.2 Å². The van der Waals surface area contributed by atoms with Crippen molar-refractivity contribution in [1.82, 2.24) is 19.7 Å². The second-order valence-corrected chi connectivity index (χ2v) is 7.32. The van der Waals surface area contributed by atoms with Crippen molar-refractivity contribution in [2.24, 2.45) is 5.41 Å². The monoisotopic (exact) mass is 336 g/mol. The molecule has 1 N–H and O–H groups in total. The number of rotatable bonds is 3. The van der Waals surface area contributed by atoms with Gasteiger partial charge in [0.2, 0.25) is 0 Å². The molecule has 0 bridgehead atoms. The lowest BCUT2D eigenvalue weighted by Gasteiger charge is -2.34. The first-order chi connectivity index (χ1) is 9.53. The number of fused-ring (bicyclic) bond motifs is 1. The van der Waals surface area contributed by atoms with Gasteiger partial charge >= 0.3 is 0 Å². The van der Waals surface area contributed by atoms with Crippen molar-refractivity contribution in [3.8, 4) is 0 Å². The fraction of sp³-hybridized carbons (Fsp3) is 0.600. The van der Waals surface area contributed by atoms with Crippen LogP contribution in [-0.2, 0) is 6.54 Å². The molecule has 5 heteroatoms. The van der Waals surface area contributed by atoms with Gasteiger partial charge in [0.1, 0.15) is 4.60 Å². The first kappa shape index (κ1) is 14.0. The van der Waals surface area contributed by atoms with Gasteiger partial charge in [-0.3, -0.25) is 4.40 Å². The summed E-state index contributed by atoms with van der Waals surface area (Å²) in [6, 6.07) is 0.638. The number of imidazole rings is 1. The molecule has 0 amide bonds. The highest BCUT2D eigenvalue weighted by Gasteiger charge is 2.26. The summed E-state index contributed by atoms with van der Waals surface area (Å²) in [5.41, 5.74) is 2.61. The zero-order chi connectivity index (χ0) is 14.2. The van der Waals surface area contributed by atoms with E-state index in [0.29, 0.717) is 11.5 Å². The molecule has 1 aliphatic carbocycles. The highest BCUT2D eigenvalue weighted by Crippen LogP contribution is 2.35. The number of hydrogen-bond donors (Lipinski definition) is 1. The normalized spacial score (nSPS) is 19.6. The Kier molecular flexibility index (Phi) is 3.82. The highest BCUT2D eigenvalue weighted by atomic mass is 79.9. The van der Waals surface area contributed by atoms with Crippen LogP contribution in [0.4, 0.5) is 0 Å². The lowest BCUT2D eigenvalue weighted by molar-refractivity contribution is 0.205. The Labute approximate surface area is 128 Å². The van der Waals surface area contributed by atoms with Crippen LogP contribution in [0, 0.1) is 5.41 Å². The summed E-state index contributed by atoms with van der Waals surface area (Å²) in [7, 11) is 0. The van der Waals surface area contributed by atoms with E-state index in [-0.39, 0.29) is 0 Å². The van der Waals surface area contributed by atoms with Gasteiger partial charge in [-0.2, -0.15) is 0 Å². The van der Waals surface area contributed by atoms with Crippen LogP contribution in [0.5, 0.6) is 0 Å². The van der Waals surface area contributed by atoms with Crippen molar-refractivity contribution in [2.45, 2.75) is 52.1 Å². The minimum absolute atomic E-state index is 0.526. The van der Waals surface area contributed by atoms with Crippen LogP contribution in [0.1, 0.15) is 45.2 Å². The van der Waals surface area contributed by atoms with Gasteiger partial charge < -0.3 is 5.32 Å². The van der Waals surface area contributed by atoms with Gasteiger partial charge in [-0.25, -0.2) is 9.97 Å². The highest BCUT2D eigenvalue weighted by molar-refractivity contribution is 9.10. The molecular formula is C15H21BrN4. The molecule has 0 atom stereocenters. The number of hydrogen-bond acceptors (Lipinski definition) is 3. The Balaban J connectivity index is 1.64. The minimum atomic E-state index is 0.526. The van der Waals surface area contributed by atoms with Crippen LogP contribution in [0.25, 0.3) is 5.65 Å². The van der Waals surface area contributed by atoms with Gasteiger partial charge in [-0.1, -0.05) is 13.8 Å². The van der Waals surface area contributed by atoms with E-state index in [1.54, 1.807) is 6.20 Å². The lowest BCUT2D eigenvalue weighted by atomic mass is 9.75. The number of nitrogens with one attached hydrogen (secondary N) is 1. The van der Waals surface area contributed by atoms with E-state index in [0.717, 1.165) is 16.8 Å². The Morgan fingerprint density at radius 3 is 2.80 bits per heavy atom. The van der Waals surface area contributed by atoms with Crippen LogP contribution in [-0.4, -0.2) is 20.4 Å². The summed E-state index contributed by atoms with van der Waals surface area (Å²) in [6.45, 7) is 5.61. The summed E-state index contributed by atoms with van der Waals surface area (Å²) in [4.78, 5) is 8.59. The third-order valence-corrected chi connectivity index (χ3v) is 4.76. The second kappa shape index (κ2) is 5.45. The van der Waals surface area contributed by atoms with Gasteiger partial charge in [0.15, 0.2) is 5.65 Å². The SMILES string of the molecule is CC1(C)CCC(NCc2cnc3cnc(Br)cn23)CC1. The quantitative estimate of drug-likeness (QED) is 0.931. The molecule has 108 valence electrons. The molecule has 1 fully saturated rings. The Bertz CT molecular complexity index is 595. The molecule has 3 rings (SSSR count). The van der Waals surface area contributed by atoms with Gasteiger partial charge in [0.05, 0.1) is 18.1 Å². The molecule has 4 nitrogen and oxygen atoms in total. The van der Waals surface area contributed by atoms with E-state index >= 15 is 0 Å². The van der Waals surface area contributed by atoms with Crippen molar-refractivity contribution in [3.05, 3.63) is 28.9 Å². The van der Waals surface area contributed by atoms with Crippen molar-refractivity contribution in [2.75, 3.05) is 0 Å². The van der Waals surface area contributed by atoms with Crippen LogP contribution in [0.3, 0.4) is 0 Å². The standard InChI is InChI=1S/C15H21BrN4/c1-15(2)5-3-11(4-6-15)17-7-12-8-19-14-9-18-13(16)10-20(12)14/h8-11,17H,3-7H2,1-2H3. The number of halogens is 1. The summed E-state index contributed by atoms with van der Waals surface area (Å²) in [5.74, 6) is 0. The van der Waals surface area contributed by atoms with Crippen LogP contribution in [0.2, 0.25) is 0 Å². The van der Waals surface area contributed by atoms with Crippen LogP contribution >= 0.6 is 15.9 Å². The first-order valence-electron chi connectivity index (χ1n) is 7.24. The molecule has 0 radical (unpaired) electrons. The van der Waals surface area contributed by atoms with Crippen molar-refractivity contribution >= 4 is 21.6 Å². The maximum atomic E-state index is 4.39. The van der Waals surface area contributed by atoms with Crippen molar-refractivity contribution < 1.29 is 0 Å². The predicted octanol–water partition coefficient (Wildman–Crippen LogP) is 3.55. The van der Waals surface area contributed by atoms with E-state index in [2.05, 4.69) is 49.5 Å². The minimum Gasteiger partial charge on any atom is -0.308 e. The van der Waals surface area contributed by atoms with Crippen LogP contribution < -0.4 is 5.32 Å². The molecule has 20 heavy (non-hydrogen) atoms. The molecule has 0 aromatic carbocycles. The average molecular weight is 337 g/mol. The molecule has 0 aliphatic heterocycles. The molecule has 2 heterocycles. The van der Waals surface area contributed by atoms with E-state index in [1.165, 1.54) is 31.4 Å². The Morgan fingerprint density at radius 2 is 2.05 bits per heavy atom. The second-order valence-electron chi connectivity index (χ2n) is 6.51. The first-order valence-corrected chi connectivity index (χ1v) is 8.04. The molecular weight excluding hydrogens is 316 g/mol. The molecule has 0 spiro atoms. The zero-order valence-electron chi connectivity index (χ0n) is 12.1. The largest absolute Gasteiger partial charge is 0.308 e. The molecule has 2 aromatic rings. The number of aromatic nitrogens is 3. The third-order valence-electron chi connectivity index (χ3n) is 4.35. The van der Waals surface area contributed by atoms with Gasteiger partial charge in [-0.15, -0.1) is 0 Å². The van der Waals surface area contributed by atoms with Crippen LogP contribution in [0.15, 0.2) is 23.2 Å². The van der Waals surface area contributed by atoms with Gasteiger partial charge in [0, 0.05) is 18.8 Å². The van der Waals surface area contributed by atoms with E-state index in [9.17, 15) is 0 Å². The fourth-order valence-corrected chi connectivity index (χ4v) is 3.21. The molecule has 0 saturated heterocycles. The number of nitrogens with zero attached hydrogens (tertiary/aromatic N) is 3. The Hall–Kier alpha value is -0.940. The maximum Gasteiger partial charge on any atom is 0.155 e. The maximum absolute atomic E-state index is 4.39. The van der Waals surface area contributed by atoms with Crippen molar-refractivity contribution in [1.29, 1.82) is 0 Å². The summed E-state index contributed by atoms with van der Waals surface area (Å²) in [5, 5.41) is 3.68. The van der Waals surface area contributed by atoms with E-state index < -0.39 is 0 Å². The average Bonchev–Trinajstić information content (AvgIpc) is 2.80. The molecule has 0 unspecified atom stereocenters. The lowest BCUT2D eigenvalue weighted by Crippen LogP contribution is -2.35. The summed E-state index contributed by atoms with van der Waals surface area (Å²) < 4.78 is 2.93. The fourth-order valence-electron chi connectivity index (χ4n) is 2.90. The third kappa shape index (κ3) is 3.04. The Morgan fingerprint density at radius 1 is 1.30 bits per heavy atom. The zero-order valence-corrected chi connectivity index (χ0v) is 13.7. The molecule has 1 aliphatic rings. The summed E-state index contributed by atoms with van der Waals surface area (Å²) in [6.07, 6.45) is 10.9. The summed E-state index contributed by atoms with van der Waals surface area (Å²) >= 11 is 3.41. The molecule has 2 aromatic heterocycles.